The van der Waals surface area contributed by atoms with Gasteiger partial charge in [0.1, 0.15) is 0 Å². The Morgan fingerprint density at radius 2 is 1.47 bits per heavy atom. The molecule has 0 aromatic carbocycles. The summed E-state index contributed by atoms with van der Waals surface area (Å²) in [6.07, 6.45) is 12.2. The van der Waals surface area contributed by atoms with Crippen LogP contribution in [0.2, 0.25) is 11.6 Å². The first-order valence-electron chi connectivity index (χ1n) is 8.57. The third kappa shape index (κ3) is 5.56. The van der Waals surface area contributed by atoms with Crippen LogP contribution in [-0.4, -0.2) is 21.8 Å². The van der Waals surface area contributed by atoms with Crippen LogP contribution in [0, 0.1) is 0 Å². The predicted molar refractivity (Wildman–Crippen MR) is 84.8 cm³/mol. The topological polar surface area (TPSA) is 18.5 Å². The van der Waals surface area contributed by atoms with Crippen molar-refractivity contribution >= 4 is 8.56 Å². The second kappa shape index (κ2) is 9.95. The van der Waals surface area contributed by atoms with E-state index in [1.807, 2.05) is 0 Å². The van der Waals surface area contributed by atoms with Crippen LogP contribution < -0.4 is 0 Å². The molecule has 0 aromatic heterocycles. The Hall–Kier alpha value is 0.137. The third-order valence-electron chi connectivity index (χ3n) is 4.38. The molecular formula is C16H34O2Si. The number of hydrogen-bond acceptors (Lipinski definition) is 2. The lowest BCUT2D eigenvalue weighted by atomic mass is 10.0. The van der Waals surface area contributed by atoms with Crippen molar-refractivity contribution in [2.75, 3.05) is 13.2 Å². The summed E-state index contributed by atoms with van der Waals surface area (Å²) in [5, 5.41) is 0. The SMILES string of the molecule is CCCCCC[Si](OCC)(OCC)C1CCCCC1. The summed E-state index contributed by atoms with van der Waals surface area (Å²) in [6, 6.07) is 1.22. The highest BCUT2D eigenvalue weighted by molar-refractivity contribution is 6.69. The Morgan fingerprint density at radius 3 is 2.00 bits per heavy atom. The van der Waals surface area contributed by atoms with Crippen molar-refractivity contribution in [3.8, 4) is 0 Å². The van der Waals surface area contributed by atoms with Crippen molar-refractivity contribution in [1.29, 1.82) is 0 Å². The van der Waals surface area contributed by atoms with Crippen molar-refractivity contribution in [2.24, 2.45) is 0 Å². The van der Waals surface area contributed by atoms with E-state index in [0.717, 1.165) is 18.8 Å². The molecule has 0 aromatic rings. The second-order valence-electron chi connectivity index (χ2n) is 5.82. The van der Waals surface area contributed by atoms with Crippen LogP contribution >= 0.6 is 0 Å². The first-order chi connectivity index (χ1) is 9.29. The summed E-state index contributed by atoms with van der Waals surface area (Å²) in [5.74, 6) is 0. The zero-order valence-corrected chi connectivity index (χ0v) is 14.4. The molecule has 1 saturated carbocycles. The molecule has 0 amide bonds. The lowest BCUT2D eigenvalue weighted by Crippen LogP contribution is -2.47. The summed E-state index contributed by atoms with van der Waals surface area (Å²) in [7, 11) is -1.94. The van der Waals surface area contributed by atoms with Gasteiger partial charge in [0.15, 0.2) is 0 Å². The monoisotopic (exact) mass is 286 g/mol. The van der Waals surface area contributed by atoms with Gasteiger partial charge in [0.2, 0.25) is 0 Å². The first-order valence-corrected chi connectivity index (χ1v) is 10.7. The Kier molecular flexibility index (Phi) is 9.00. The Labute approximate surface area is 121 Å². The van der Waals surface area contributed by atoms with E-state index >= 15 is 0 Å². The highest BCUT2D eigenvalue weighted by Crippen LogP contribution is 2.41. The average molecular weight is 287 g/mol. The molecule has 2 nitrogen and oxygen atoms in total. The fraction of sp³-hybridized carbons (Fsp3) is 1.00. The van der Waals surface area contributed by atoms with Crippen LogP contribution in [0.4, 0.5) is 0 Å². The molecule has 1 aliphatic rings. The van der Waals surface area contributed by atoms with Gasteiger partial charge in [0.05, 0.1) is 0 Å². The average Bonchev–Trinajstić information content (AvgIpc) is 2.45. The van der Waals surface area contributed by atoms with Crippen LogP contribution in [0.1, 0.15) is 78.6 Å². The quantitative estimate of drug-likeness (QED) is 0.394. The van der Waals surface area contributed by atoms with Gasteiger partial charge in [-0.05, 0) is 32.7 Å². The molecule has 0 N–H and O–H groups in total. The maximum Gasteiger partial charge on any atom is 0.341 e. The number of hydrogen-bond donors (Lipinski definition) is 0. The Bertz CT molecular complexity index is 209. The minimum atomic E-state index is -1.94. The van der Waals surface area contributed by atoms with Gasteiger partial charge in [-0.1, -0.05) is 51.9 Å². The van der Waals surface area contributed by atoms with E-state index in [-0.39, 0.29) is 0 Å². The fourth-order valence-corrected chi connectivity index (χ4v) is 7.71. The van der Waals surface area contributed by atoms with Gasteiger partial charge in [-0.15, -0.1) is 0 Å². The van der Waals surface area contributed by atoms with Crippen molar-refractivity contribution in [2.45, 2.75) is 90.1 Å². The maximum absolute atomic E-state index is 6.31. The van der Waals surface area contributed by atoms with Crippen LogP contribution in [-0.2, 0) is 8.85 Å². The molecule has 0 bridgehead atoms. The van der Waals surface area contributed by atoms with Gasteiger partial charge in [-0.2, -0.15) is 0 Å². The van der Waals surface area contributed by atoms with Crippen molar-refractivity contribution in [3.05, 3.63) is 0 Å². The zero-order valence-electron chi connectivity index (χ0n) is 13.4. The van der Waals surface area contributed by atoms with Gasteiger partial charge < -0.3 is 8.85 Å². The van der Waals surface area contributed by atoms with Gasteiger partial charge in [0.25, 0.3) is 0 Å². The molecule has 0 aliphatic heterocycles. The zero-order chi connectivity index (χ0) is 14.0. The largest absolute Gasteiger partial charge is 0.394 e. The Balaban J connectivity index is 2.61. The van der Waals surface area contributed by atoms with Crippen LogP contribution in [0.15, 0.2) is 0 Å². The van der Waals surface area contributed by atoms with Gasteiger partial charge in [0, 0.05) is 18.8 Å². The maximum atomic E-state index is 6.31. The van der Waals surface area contributed by atoms with E-state index in [2.05, 4.69) is 20.8 Å². The van der Waals surface area contributed by atoms with Crippen LogP contribution in [0.3, 0.4) is 0 Å². The smallest absolute Gasteiger partial charge is 0.341 e. The molecule has 1 aliphatic carbocycles. The lowest BCUT2D eigenvalue weighted by molar-refractivity contribution is 0.163. The normalized spacial score (nSPS) is 17.8. The van der Waals surface area contributed by atoms with Gasteiger partial charge in [-0.3, -0.25) is 0 Å². The molecule has 0 spiro atoms. The van der Waals surface area contributed by atoms with Crippen LogP contribution in [0.25, 0.3) is 0 Å². The minimum Gasteiger partial charge on any atom is -0.394 e. The molecule has 0 saturated heterocycles. The molecule has 1 fully saturated rings. The summed E-state index contributed by atoms with van der Waals surface area (Å²) >= 11 is 0. The molecule has 1 rings (SSSR count). The summed E-state index contributed by atoms with van der Waals surface area (Å²) in [6.45, 7) is 8.20. The lowest BCUT2D eigenvalue weighted by Gasteiger charge is -2.39. The minimum absolute atomic E-state index is 0.753. The fourth-order valence-electron chi connectivity index (χ4n) is 3.46. The molecule has 0 radical (unpaired) electrons. The van der Waals surface area contributed by atoms with Crippen molar-refractivity contribution < 1.29 is 8.85 Å². The van der Waals surface area contributed by atoms with Crippen molar-refractivity contribution in [3.63, 3.8) is 0 Å². The number of rotatable bonds is 10. The Morgan fingerprint density at radius 1 is 0.842 bits per heavy atom. The second-order valence-corrected chi connectivity index (χ2v) is 9.34. The highest BCUT2D eigenvalue weighted by Gasteiger charge is 2.45. The first kappa shape index (κ1) is 17.2. The van der Waals surface area contributed by atoms with E-state index in [9.17, 15) is 0 Å². The highest BCUT2D eigenvalue weighted by atomic mass is 28.4. The molecule has 19 heavy (non-hydrogen) atoms. The predicted octanol–water partition coefficient (Wildman–Crippen LogP) is 5.42. The van der Waals surface area contributed by atoms with E-state index in [1.165, 1.54) is 63.8 Å². The molecule has 114 valence electrons. The van der Waals surface area contributed by atoms with E-state index in [4.69, 9.17) is 8.85 Å². The van der Waals surface area contributed by atoms with Crippen molar-refractivity contribution in [1.82, 2.24) is 0 Å². The van der Waals surface area contributed by atoms with E-state index in [1.54, 1.807) is 0 Å². The summed E-state index contributed by atoms with van der Waals surface area (Å²) in [4.78, 5) is 0. The molecule has 0 heterocycles. The molecule has 3 heteroatoms. The van der Waals surface area contributed by atoms with Gasteiger partial charge >= 0.3 is 8.56 Å². The van der Waals surface area contributed by atoms with Gasteiger partial charge in [-0.25, -0.2) is 0 Å². The third-order valence-corrected chi connectivity index (χ3v) is 8.81. The molecule has 0 unspecified atom stereocenters. The standard InChI is InChI=1S/C16H34O2Si/c1-4-7-8-12-15-19(17-5-2,18-6-3)16-13-10-9-11-14-16/h16H,4-15H2,1-3H3. The molecule has 0 atom stereocenters. The summed E-state index contributed by atoms with van der Waals surface area (Å²) < 4.78 is 12.6. The van der Waals surface area contributed by atoms with E-state index in [0.29, 0.717) is 0 Å². The van der Waals surface area contributed by atoms with Crippen LogP contribution in [0.5, 0.6) is 0 Å². The number of unbranched alkanes of at least 4 members (excludes halogenated alkanes) is 3. The molecular weight excluding hydrogens is 252 g/mol. The van der Waals surface area contributed by atoms with E-state index < -0.39 is 8.56 Å². The summed E-state index contributed by atoms with van der Waals surface area (Å²) in [5.41, 5.74) is 0.753.